The number of nitrogens with zero attached hydrogens (tertiary/aromatic N) is 2. The Morgan fingerprint density at radius 3 is 2.62 bits per heavy atom. The smallest absolute Gasteiger partial charge is 0.387 e. The lowest BCUT2D eigenvalue weighted by Crippen LogP contribution is -2.13. The number of anilines is 1. The highest BCUT2D eigenvalue weighted by atomic mass is 32.1. The van der Waals surface area contributed by atoms with Crippen LogP contribution in [0.3, 0.4) is 0 Å². The molecule has 0 aliphatic carbocycles. The van der Waals surface area contributed by atoms with Crippen LogP contribution in [0, 0.1) is 0 Å². The summed E-state index contributed by atoms with van der Waals surface area (Å²) in [6.45, 7) is 3.45. The number of aromatic nitrogens is 2. The van der Waals surface area contributed by atoms with Crippen LogP contribution in [0.2, 0.25) is 0 Å². The van der Waals surface area contributed by atoms with Crippen molar-refractivity contribution in [2.24, 2.45) is 0 Å². The molecule has 0 radical (unpaired) electrons. The molecule has 0 amide bonds. The molecular formula is C15H17F2N3O3S. The molecule has 0 fully saturated rings. The summed E-state index contributed by atoms with van der Waals surface area (Å²) in [5.74, 6) is 1.66. The van der Waals surface area contributed by atoms with Crippen molar-refractivity contribution in [3.63, 3.8) is 0 Å². The van der Waals surface area contributed by atoms with E-state index in [1.807, 2.05) is 20.8 Å². The number of rotatable bonds is 5. The fourth-order valence-corrected chi connectivity index (χ4v) is 2.83. The molecule has 2 aromatic rings. The summed E-state index contributed by atoms with van der Waals surface area (Å²) in [7, 11) is 0. The summed E-state index contributed by atoms with van der Waals surface area (Å²) in [4.78, 5) is 4.41. The van der Waals surface area contributed by atoms with Gasteiger partial charge in [0.05, 0.1) is 0 Å². The standard InChI is InChI=1S/C15H17F2N3O3S/c1-15(2,3)12-19-14(24-20-12)18-6-8-4-10-11(22-7-21-10)5-9(8)23-13(16)17/h4-5,13H,6-7H2,1-3H3,(H,18,19,20). The average molecular weight is 357 g/mol. The van der Waals surface area contributed by atoms with Crippen LogP contribution in [-0.4, -0.2) is 22.8 Å². The van der Waals surface area contributed by atoms with Crippen LogP contribution >= 0.6 is 11.5 Å². The zero-order chi connectivity index (χ0) is 17.3. The maximum atomic E-state index is 12.6. The molecule has 2 heterocycles. The zero-order valence-electron chi connectivity index (χ0n) is 13.4. The first kappa shape index (κ1) is 16.7. The van der Waals surface area contributed by atoms with Gasteiger partial charge in [-0.3, -0.25) is 0 Å². The summed E-state index contributed by atoms with van der Waals surface area (Å²) < 4.78 is 44.6. The van der Waals surface area contributed by atoms with Gasteiger partial charge in [-0.25, -0.2) is 4.98 Å². The van der Waals surface area contributed by atoms with Crippen molar-refractivity contribution < 1.29 is 23.0 Å². The predicted octanol–water partition coefficient (Wildman–Crippen LogP) is 3.78. The highest BCUT2D eigenvalue weighted by molar-refractivity contribution is 7.09. The van der Waals surface area contributed by atoms with E-state index in [9.17, 15) is 8.78 Å². The highest BCUT2D eigenvalue weighted by Gasteiger charge is 2.22. The van der Waals surface area contributed by atoms with Gasteiger partial charge in [-0.05, 0) is 6.07 Å². The van der Waals surface area contributed by atoms with E-state index in [-0.39, 0.29) is 24.5 Å². The number of ether oxygens (including phenoxy) is 3. The number of hydrogen-bond donors (Lipinski definition) is 1. The van der Waals surface area contributed by atoms with Crippen LogP contribution in [-0.2, 0) is 12.0 Å². The van der Waals surface area contributed by atoms with Crippen LogP contribution in [0.25, 0.3) is 0 Å². The minimum Gasteiger partial charge on any atom is -0.454 e. The van der Waals surface area contributed by atoms with Crippen LogP contribution in [0.1, 0.15) is 32.2 Å². The Morgan fingerprint density at radius 1 is 1.29 bits per heavy atom. The van der Waals surface area contributed by atoms with E-state index in [0.29, 0.717) is 22.2 Å². The summed E-state index contributed by atoms with van der Waals surface area (Å²) in [6, 6.07) is 3.03. The fraction of sp³-hybridized carbons (Fsp3) is 0.467. The molecule has 1 aromatic carbocycles. The first-order chi connectivity index (χ1) is 11.3. The number of halogens is 2. The second-order valence-corrected chi connectivity index (χ2v) is 6.97. The summed E-state index contributed by atoms with van der Waals surface area (Å²) in [5, 5.41) is 3.69. The molecular weight excluding hydrogens is 340 g/mol. The molecule has 0 bridgehead atoms. The summed E-state index contributed by atoms with van der Waals surface area (Å²) >= 11 is 1.22. The quantitative estimate of drug-likeness (QED) is 0.879. The largest absolute Gasteiger partial charge is 0.454 e. The highest BCUT2D eigenvalue weighted by Crippen LogP contribution is 2.39. The number of fused-ring (bicyclic) bond motifs is 1. The number of nitrogens with one attached hydrogen (secondary N) is 1. The molecule has 1 aromatic heterocycles. The van der Waals surface area contributed by atoms with Crippen molar-refractivity contribution in [2.75, 3.05) is 12.1 Å². The first-order valence-electron chi connectivity index (χ1n) is 7.28. The molecule has 0 saturated heterocycles. The van der Waals surface area contributed by atoms with E-state index < -0.39 is 6.61 Å². The van der Waals surface area contributed by atoms with E-state index in [4.69, 9.17) is 9.47 Å². The third-order valence-electron chi connectivity index (χ3n) is 3.30. The van der Waals surface area contributed by atoms with Crippen molar-refractivity contribution in [3.8, 4) is 17.2 Å². The van der Waals surface area contributed by atoms with Gasteiger partial charge in [0.2, 0.25) is 11.9 Å². The van der Waals surface area contributed by atoms with E-state index in [2.05, 4.69) is 19.4 Å². The molecule has 0 atom stereocenters. The Labute approximate surface area is 141 Å². The van der Waals surface area contributed by atoms with Gasteiger partial charge in [-0.15, -0.1) is 0 Å². The molecule has 0 saturated carbocycles. The molecule has 24 heavy (non-hydrogen) atoms. The van der Waals surface area contributed by atoms with E-state index in [1.165, 1.54) is 17.6 Å². The van der Waals surface area contributed by atoms with Crippen molar-refractivity contribution in [2.45, 2.75) is 39.3 Å². The topological polar surface area (TPSA) is 65.5 Å². The van der Waals surface area contributed by atoms with Gasteiger partial charge in [-0.2, -0.15) is 13.2 Å². The van der Waals surface area contributed by atoms with Crippen molar-refractivity contribution in [1.29, 1.82) is 0 Å². The van der Waals surface area contributed by atoms with Crippen molar-refractivity contribution in [1.82, 2.24) is 9.36 Å². The molecule has 9 heteroatoms. The van der Waals surface area contributed by atoms with E-state index >= 15 is 0 Å². The molecule has 1 aliphatic heterocycles. The van der Waals surface area contributed by atoms with Crippen LogP contribution < -0.4 is 19.5 Å². The third-order valence-corrected chi connectivity index (χ3v) is 3.97. The lowest BCUT2D eigenvalue weighted by molar-refractivity contribution is -0.0504. The predicted molar refractivity (Wildman–Crippen MR) is 85.1 cm³/mol. The Kier molecular flexibility index (Phi) is 4.44. The van der Waals surface area contributed by atoms with Gasteiger partial charge in [0, 0.05) is 35.1 Å². The van der Waals surface area contributed by atoms with Gasteiger partial charge >= 0.3 is 6.61 Å². The summed E-state index contributed by atoms with van der Waals surface area (Å²) in [5.41, 5.74) is 0.367. The summed E-state index contributed by atoms with van der Waals surface area (Å²) in [6.07, 6.45) is 0. The molecule has 1 N–H and O–H groups in total. The molecule has 0 spiro atoms. The Bertz CT molecular complexity index is 731. The van der Waals surface area contributed by atoms with E-state index in [0.717, 1.165) is 5.82 Å². The second-order valence-electron chi connectivity index (χ2n) is 6.22. The first-order valence-corrected chi connectivity index (χ1v) is 8.05. The number of alkyl halides is 2. The molecule has 3 rings (SSSR count). The van der Waals surface area contributed by atoms with Crippen LogP contribution in [0.15, 0.2) is 12.1 Å². The SMILES string of the molecule is CC(C)(C)c1nsc(NCc2cc3c(cc2OC(F)F)OCO3)n1. The second kappa shape index (κ2) is 6.39. The van der Waals surface area contributed by atoms with Crippen molar-refractivity contribution >= 4 is 16.7 Å². The Morgan fingerprint density at radius 2 is 2.00 bits per heavy atom. The van der Waals surface area contributed by atoms with Gasteiger partial charge in [0.25, 0.3) is 0 Å². The van der Waals surface area contributed by atoms with E-state index in [1.54, 1.807) is 6.07 Å². The normalized spacial score (nSPS) is 13.4. The zero-order valence-corrected chi connectivity index (χ0v) is 14.2. The Balaban J connectivity index is 1.77. The maximum Gasteiger partial charge on any atom is 0.387 e. The average Bonchev–Trinajstić information content (AvgIpc) is 3.12. The molecule has 6 nitrogen and oxygen atoms in total. The van der Waals surface area contributed by atoms with Gasteiger partial charge < -0.3 is 19.5 Å². The number of benzene rings is 1. The minimum atomic E-state index is -2.92. The van der Waals surface area contributed by atoms with Gasteiger partial charge in [-0.1, -0.05) is 20.8 Å². The molecule has 130 valence electrons. The van der Waals surface area contributed by atoms with Crippen molar-refractivity contribution in [3.05, 3.63) is 23.5 Å². The minimum absolute atomic E-state index is 0.0438. The third kappa shape index (κ3) is 3.66. The lowest BCUT2D eigenvalue weighted by atomic mass is 9.96. The maximum absolute atomic E-state index is 12.6. The lowest BCUT2D eigenvalue weighted by Gasteiger charge is -2.13. The van der Waals surface area contributed by atoms with Crippen LogP contribution in [0.5, 0.6) is 17.2 Å². The fourth-order valence-electron chi connectivity index (χ4n) is 2.08. The Hall–Kier alpha value is -2.16. The number of hydrogen-bond acceptors (Lipinski definition) is 7. The van der Waals surface area contributed by atoms with Gasteiger partial charge in [0.15, 0.2) is 11.5 Å². The van der Waals surface area contributed by atoms with Crippen LogP contribution in [0.4, 0.5) is 13.9 Å². The molecule has 1 aliphatic rings. The monoisotopic (exact) mass is 357 g/mol. The molecule has 0 unspecified atom stereocenters. The van der Waals surface area contributed by atoms with Gasteiger partial charge in [0.1, 0.15) is 11.6 Å².